The van der Waals surface area contributed by atoms with Gasteiger partial charge in [0, 0.05) is 41.0 Å². The zero-order chi connectivity index (χ0) is 27.9. The van der Waals surface area contributed by atoms with Crippen molar-refractivity contribution in [2.75, 3.05) is 0 Å². The molecule has 1 aliphatic rings. The molecule has 0 unspecified atom stereocenters. The largest absolute Gasteiger partial charge is 0.352 e. The summed E-state index contributed by atoms with van der Waals surface area (Å²) in [5.41, 5.74) is 2.75. The molecule has 0 heterocycles. The molecule has 4 aromatic carbocycles. The van der Waals surface area contributed by atoms with E-state index in [1.807, 2.05) is 48.5 Å². The van der Waals surface area contributed by atoms with Crippen molar-refractivity contribution in [3.05, 3.63) is 118 Å². The van der Waals surface area contributed by atoms with E-state index >= 15 is 0 Å². The first-order valence-electron chi connectivity index (χ1n) is 14.0. The van der Waals surface area contributed by atoms with E-state index in [1.165, 1.54) is 0 Å². The van der Waals surface area contributed by atoms with Crippen LogP contribution < -0.4 is 5.32 Å². The maximum absolute atomic E-state index is 14.1. The Bertz CT molecular complexity index is 1440. The average molecular weight is 574 g/mol. The Morgan fingerprint density at radius 1 is 0.825 bits per heavy atom. The summed E-state index contributed by atoms with van der Waals surface area (Å²) in [6, 6.07) is 29.0. The summed E-state index contributed by atoms with van der Waals surface area (Å²) in [5.74, 6) is -0.233. The van der Waals surface area contributed by atoms with Gasteiger partial charge in [-0.1, -0.05) is 115 Å². The minimum absolute atomic E-state index is 0.105. The van der Waals surface area contributed by atoms with Gasteiger partial charge in [-0.3, -0.25) is 9.59 Å². The highest BCUT2D eigenvalue weighted by molar-refractivity contribution is 6.36. The summed E-state index contributed by atoms with van der Waals surface area (Å²) in [7, 11) is 0. The number of carbonyl (C=O) groups is 2. The van der Waals surface area contributed by atoms with Crippen molar-refractivity contribution in [1.29, 1.82) is 0 Å². The van der Waals surface area contributed by atoms with Gasteiger partial charge < -0.3 is 10.2 Å². The number of fused-ring (bicyclic) bond motifs is 1. The van der Waals surface area contributed by atoms with Crippen LogP contribution in [0.15, 0.2) is 91.0 Å². The third kappa shape index (κ3) is 6.86. The SMILES string of the molecule is O=C(NC1CCCC1)[C@@H](Cc1ccccc1)N(Cc1c(Cl)cccc1Cl)C(=O)CCc1cccc2ccccc12. The predicted octanol–water partition coefficient (Wildman–Crippen LogP) is 7.78. The highest BCUT2D eigenvalue weighted by Gasteiger charge is 2.32. The fourth-order valence-corrected chi connectivity index (χ4v) is 6.19. The molecule has 0 radical (unpaired) electrons. The van der Waals surface area contributed by atoms with Crippen molar-refractivity contribution >= 4 is 45.8 Å². The Hall–Kier alpha value is -3.34. The van der Waals surface area contributed by atoms with E-state index in [0.717, 1.165) is 47.6 Å². The van der Waals surface area contributed by atoms with E-state index in [1.54, 1.807) is 23.1 Å². The molecule has 6 heteroatoms. The van der Waals surface area contributed by atoms with Crippen LogP contribution in [0.4, 0.5) is 0 Å². The van der Waals surface area contributed by atoms with E-state index in [-0.39, 0.29) is 30.8 Å². The lowest BCUT2D eigenvalue weighted by Crippen LogP contribution is -2.52. The summed E-state index contributed by atoms with van der Waals surface area (Å²) in [5, 5.41) is 6.49. The number of aryl methyl sites for hydroxylation is 1. The molecule has 4 nitrogen and oxygen atoms in total. The van der Waals surface area contributed by atoms with Crippen molar-refractivity contribution in [2.24, 2.45) is 0 Å². The van der Waals surface area contributed by atoms with Crippen molar-refractivity contribution in [3.8, 4) is 0 Å². The first-order chi connectivity index (χ1) is 19.5. The summed E-state index contributed by atoms with van der Waals surface area (Å²) < 4.78 is 0. The summed E-state index contributed by atoms with van der Waals surface area (Å²) in [6.45, 7) is 0.155. The van der Waals surface area contributed by atoms with Crippen LogP contribution in [-0.4, -0.2) is 28.8 Å². The maximum atomic E-state index is 14.1. The summed E-state index contributed by atoms with van der Waals surface area (Å²) >= 11 is 13.2. The van der Waals surface area contributed by atoms with Crippen molar-refractivity contribution < 1.29 is 9.59 Å². The van der Waals surface area contributed by atoms with Crippen LogP contribution >= 0.6 is 23.2 Å². The van der Waals surface area contributed by atoms with Crippen LogP contribution in [0.1, 0.15) is 48.8 Å². The first-order valence-corrected chi connectivity index (χ1v) is 14.8. The normalized spacial score (nSPS) is 14.2. The van der Waals surface area contributed by atoms with Gasteiger partial charge in [0.1, 0.15) is 6.04 Å². The lowest BCUT2D eigenvalue weighted by molar-refractivity contribution is -0.141. The second-order valence-corrected chi connectivity index (χ2v) is 11.4. The molecule has 1 aliphatic carbocycles. The summed E-state index contributed by atoms with van der Waals surface area (Å²) in [4.78, 5) is 29.7. The van der Waals surface area contributed by atoms with Gasteiger partial charge in [-0.15, -0.1) is 0 Å². The van der Waals surface area contributed by atoms with Crippen LogP contribution in [-0.2, 0) is 29.0 Å². The van der Waals surface area contributed by atoms with Crippen molar-refractivity contribution in [3.63, 3.8) is 0 Å². The quantitative estimate of drug-likeness (QED) is 0.211. The third-order valence-corrected chi connectivity index (χ3v) is 8.56. The second-order valence-electron chi connectivity index (χ2n) is 10.6. The van der Waals surface area contributed by atoms with Crippen LogP contribution in [0.5, 0.6) is 0 Å². The molecule has 2 amide bonds. The lowest BCUT2D eigenvalue weighted by atomic mass is 9.99. The Balaban J connectivity index is 1.47. The standard InChI is InChI=1S/C34H34Cl2N2O2/c35-30-18-9-19-31(36)29(30)23-38(33(39)21-20-26-14-8-13-25-12-4-7-17-28(25)26)32(22-24-10-2-1-3-11-24)34(40)37-27-15-5-6-16-27/h1-4,7-14,17-19,27,32H,5-6,15-16,20-23H2,(H,37,40)/t32-/m1/s1. The van der Waals surface area contributed by atoms with Gasteiger partial charge in [0.15, 0.2) is 0 Å². The van der Waals surface area contributed by atoms with E-state index in [2.05, 4.69) is 29.6 Å². The van der Waals surface area contributed by atoms with Crippen LogP contribution in [0.25, 0.3) is 10.8 Å². The highest BCUT2D eigenvalue weighted by Crippen LogP contribution is 2.28. The van der Waals surface area contributed by atoms with Crippen molar-refractivity contribution in [1.82, 2.24) is 10.2 Å². The Kier molecular flexibility index (Phi) is 9.41. The molecule has 0 bridgehead atoms. The fraction of sp³-hybridized carbons (Fsp3) is 0.294. The number of hydrogen-bond donors (Lipinski definition) is 1. The number of nitrogens with zero attached hydrogens (tertiary/aromatic N) is 1. The Labute approximate surface area is 246 Å². The number of carbonyl (C=O) groups excluding carboxylic acids is 2. The number of nitrogens with one attached hydrogen (secondary N) is 1. The van der Waals surface area contributed by atoms with Gasteiger partial charge in [-0.25, -0.2) is 0 Å². The minimum Gasteiger partial charge on any atom is -0.352 e. The molecule has 1 fully saturated rings. The minimum atomic E-state index is -0.699. The Morgan fingerprint density at radius 2 is 1.48 bits per heavy atom. The summed E-state index contributed by atoms with van der Waals surface area (Å²) in [6.07, 6.45) is 5.38. The van der Waals surface area contributed by atoms with Crippen LogP contribution in [0.2, 0.25) is 10.0 Å². The lowest BCUT2D eigenvalue weighted by Gasteiger charge is -2.33. The van der Waals surface area contributed by atoms with Gasteiger partial charge in [-0.05, 0) is 53.3 Å². The number of halogens is 2. The molecule has 0 saturated heterocycles. The number of hydrogen-bond acceptors (Lipinski definition) is 2. The molecule has 0 aliphatic heterocycles. The van der Waals surface area contributed by atoms with Gasteiger partial charge in [0.05, 0.1) is 0 Å². The van der Waals surface area contributed by atoms with Gasteiger partial charge in [0.25, 0.3) is 0 Å². The fourth-order valence-electron chi connectivity index (χ4n) is 5.67. The van der Waals surface area contributed by atoms with Gasteiger partial charge in [0.2, 0.25) is 11.8 Å². The molecule has 40 heavy (non-hydrogen) atoms. The smallest absolute Gasteiger partial charge is 0.243 e. The predicted molar refractivity (Wildman–Crippen MR) is 164 cm³/mol. The van der Waals surface area contributed by atoms with E-state index < -0.39 is 6.04 Å². The number of benzene rings is 4. The molecule has 1 N–H and O–H groups in total. The number of rotatable bonds is 10. The monoisotopic (exact) mass is 572 g/mol. The van der Waals surface area contributed by atoms with Gasteiger partial charge >= 0.3 is 0 Å². The molecule has 5 rings (SSSR count). The second kappa shape index (κ2) is 13.3. The maximum Gasteiger partial charge on any atom is 0.243 e. The molecular formula is C34H34Cl2N2O2. The molecule has 1 saturated carbocycles. The topological polar surface area (TPSA) is 49.4 Å². The average Bonchev–Trinajstić information content (AvgIpc) is 3.48. The molecule has 0 spiro atoms. The first kappa shape index (κ1) is 28.2. The zero-order valence-electron chi connectivity index (χ0n) is 22.5. The zero-order valence-corrected chi connectivity index (χ0v) is 24.0. The van der Waals surface area contributed by atoms with Crippen LogP contribution in [0.3, 0.4) is 0 Å². The van der Waals surface area contributed by atoms with Crippen molar-refractivity contribution in [2.45, 2.75) is 63.6 Å². The van der Waals surface area contributed by atoms with Gasteiger partial charge in [-0.2, -0.15) is 0 Å². The molecule has 206 valence electrons. The molecule has 1 atom stereocenters. The van der Waals surface area contributed by atoms with E-state index in [0.29, 0.717) is 28.5 Å². The number of amides is 2. The molecule has 0 aromatic heterocycles. The van der Waals surface area contributed by atoms with E-state index in [4.69, 9.17) is 23.2 Å². The molecular weight excluding hydrogens is 539 g/mol. The Morgan fingerprint density at radius 3 is 2.23 bits per heavy atom. The van der Waals surface area contributed by atoms with E-state index in [9.17, 15) is 9.59 Å². The highest BCUT2D eigenvalue weighted by atomic mass is 35.5. The third-order valence-electron chi connectivity index (χ3n) is 7.85. The van der Waals surface area contributed by atoms with Crippen LogP contribution in [0, 0.1) is 0 Å². The molecule has 4 aromatic rings.